The summed E-state index contributed by atoms with van der Waals surface area (Å²) in [6.07, 6.45) is 1.47. The topological polar surface area (TPSA) is 75.4 Å². The molecule has 0 unspecified atom stereocenters. The van der Waals surface area contributed by atoms with Gasteiger partial charge in [0.05, 0.1) is 14.2 Å². The van der Waals surface area contributed by atoms with Crippen molar-refractivity contribution < 1.29 is 14.3 Å². The lowest BCUT2D eigenvalue weighted by atomic mass is 10.1. The smallest absolute Gasteiger partial charge is 0.314 e. The van der Waals surface area contributed by atoms with E-state index in [0.717, 1.165) is 34.7 Å². The lowest BCUT2D eigenvalue weighted by Gasteiger charge is -2.11. The van der Waals surface area contributed by atoms with Crippen molar-refractivity contribution >= 4 is 16.9 Å². The summed E-state index contributed by atoms with van der Waals surface area (Å²) in [5, 5.41) is 7.05. The van der Waals surface area contributed by atoms with E-state index in [1.807, 2.05) is 30.3 Å². The molecule has 0 saturated carbocycles. The second kappa shape index (κ2) is 9.17. The fourth-order valence-electron chi connectivity index (χ4n) is 3.39. The van der Waals surface area contributed by atoms with Crippen LogP contribution in [-0.2, 0) is 12.8 Å². The number of hydrogen-bond acceptors (Lipinski definition) is 3. The Labute approximate surface area is 165 Å². The van der Waals surface area contributed by atoms with Crippen molar-refractivity contribution in [2.24, 2.45) is 0 Å². The van der Waals surface area contributed by atoms with Gasteiger partial charge in [-0.2, -0.15) is 0 Å². The average molecular weight is 381 g/mol. The van der Waals surface area contributed by atoms with Gasteiger partial charge in [0.25, 0.3) is 0 Å². The maximum atomic E-state index is 12.1. The molecule has 148 valence electrons. The molecule has 0 aliphatic rings. The van der Waals surface area contributed by atoms with E-state index in [1.165, 1.54) is 10.9 Å². The summed E-state index contributed by atoms with van der Waals surface area (Å²) in [7, 11) is 3.25. The molecule has 0 radical (unpaired) electrons. The number of methoxy groups -OCH3 is 2. The number of para-hydroxylation sites is 1. The van der Waals surface area contributed by atoms with Crippen LogP contribution >= 0.6 is 0 Å². The second-order valence-electron chi connectivity index (χ2n) is 6.63. The first-order chi connectivity index (χ1) is 13.6. The Balaban J connectivity index is 1.46. The number of aromatic nitrogens is 1. The highest BCUT2D eigenvalue weighted by atomic mass is 16.5. The molecule has 6 heteroatoms. The molecule has 1 heterocycles. The second-order valence-corrected chi connectivity index (χ2v) is 6.63. The number of amides is 2. The molecule has 3 rings (SSSR count). The Morgan fingerprint density at radius 2 is 1.75 bits per heavy atom. The molecule has 3 N–H and O–H groups in total. The van der Waals surface area contributed by atoms with E-state index in [1.54, 1.807) is 14.2 Å². The van der Waals surface area contributed by atoms with Crippen molar-refractivity contribution in [1.29, 1.82) is 0 Å². The molecule has 0 saturated heterocycles. The number of aryl methyl sites for hydroxylation is 1. The van der Waals surface area contributed by atoms with Crippen LogP contribution < -0.4 is 20.1 Å². The van der Waals surface area contributed by atoms with Gasteiger partial charge >= 0.3 is 6.03 Å². The van der Waals surface area contributed by atoms with Crippen molar-refractivity contribution in [2.45, 2.75) is 19.8 Å². The molecule has 3 aromatic rings. The number of urea groups is 1. The first-order valence-electron chi connectivity index (χ1n) is 9.41. The van der Waals surface area contributed by atoms with Gasteiger partial charge in [0.15, 0.2) is 0 Å². The molecule has 1 aromatic heterocycles. The van der Waals surface area contributed by atoms with Crippen molar-refractivity contribution in [1.82, 2.24) is 15.6 Å². The number of rotatable bonds is 8. The van der Waals surface area contributed by atoms with E-state index in [4.69, 9.17) is 9.47 Å². The van der Waals surface area contributed by atoms with Crippen LogP contribution in [0, 0.1) is 6.92 Å². The highest BCUT2D eigenvalue weighted by Gasteiger charge is 2.09. The third-order valence-corrected chi connectivity index (χ3v) is 4.86. The zero-order chi connectivity index (χ0) is 19.9. The van der Waals surface area contributed by atoms with Crippen LogP contribution in [-0.4, -0.2) is 38.3 Å². The van der Waals surface area contributed by atoms with Gasteiger partial charge in [-0.3, -0.25) is 0 Å². The molecule has 0 atom stereocenters. The number of carbonyl (C=O) groups is 1. The first kappa shape index (κ1) is 19.6. The molecular weight excluding hydrogens is 354 g/mol. The summed E-state index contributed by atoms with van der Waals surface area (Å²) in [6.45, 7) is 3.18. The minimum absolute atomic E-state index is 0.162. The number of hydrogen-bond donors (Lipinski definition) is 3. The number of carbonyl (C=O) groups excluding carboxylic acids is 1. The van der Waals surface area contributed by atoms with E-state index in [0.29, 0.717) is 19.5 Å². The van der Waals surface area contributed by atoms with Gasteiger partial charge in [-0.25, -0.2) is 4.79 Å². The van der Waals surface area contributed by atoms with Gasteiger partial charge in [-0.15, -0.1) is 0 Å². The van der Waals surface area contributed by atoms with Gasteiger partial charge in [-0.05, 0) is 43.0 Å². The van der Waals surface area contributed by atoms with Crippen LogP contribution in [0.4, 0.5) is 4.79 Å². The number of nitrogens with one attached hydrogen (secondary N) is 3. The molecule has 6 nitrogen and oxygen atoms in total. The van der Waals surface area contributed by atoms with Gasteiger partial charge in [0, 0.05) is 35.8 Å². The molecule has 28 heavy (non-hydrogen) atoms. The number of H-pyrrole nitrogens is 1. The average Bonchev–Trinajstić information content (AvgIpc) is 3.03. The summed E-state index contributed by atoms with van der Waals surface area (Å²) in [5.74, 6) is 1.51. The summed E-state index contributed by atoms with van der Waals surface area (Å²) in [6, 6.07) is 13.8. The zero-order valence-electron chi connectivity index (χ0n) is 16.6. The quantitative estimate of drug-likeness (QED) is 0.558. The predicted molar refractivity (Wildman–Crippen MR) is 111 cm³/mol. The van der Waals surface area contributed by atoms with E-state index >= 15 is 0 Å². The van der Waals surface area contributed by atoms with E-state index in [-0.39, 0.29) is 6.03 Å². The largest absolute Gasteiger partial charge is 0.497 e. The molecule has 0 aliphatic carbocycles. The normalized spacial score (nSPS) is 10.7. The van der Waals surface area contributed by atoms with Gasteiger partial charge in [-0.1, -0.05) is 24.3 Å². The van der Waals surface area contributed by atoms with Crippen LogP contribution in [0.15, 0.2) is 42.5 Å². The third kappa shape index (κ3) is 4.57. The fourth-order valence-corrected chi connectivity index (χ4v) is 3.39. The Morgan fingerprint density at radius 3 is 2.50 bits per heavy atom. The van der Waals surface area contributed by atoms with Crippen molar-refractivity contribution in [3.63, 3.8) is 0 Å². The standard InChI is InChI=1S/C22H27N3O3/c1-15-18(19-6-4-5-7-20(19)25-15)11-13-24-22(26)23-12-10-16-8-9-17(27-2)14-21(16)28-3/h4-9,14,25H,10-13H2,1-3H3,(H2,23,24,26). The summed E-state index contributed by atoms with van der Waals surface area (Å²) in [4.78, 5) is 15.5. The van der Waals surface area contributed by atoms with Crippen LogP contribution in [0.1, 0.15) is 16.8 Å². The van der Waals surface area contributed by atoms with E-state index in [9.17, 15) is 4.79 Å². The number of benzene rings is 2. The minimum Gasteiger partial charge on any atom is -0.497 e. The minimum atomic E-state index is -0.162. The molecule has 0 spiro atoms. The van der Waals surface area contributed by atoms with E-state index in [2.05, 4.69) is 34.7 Å². The lowest BCUT2D eigenvalue weighted by Crippen LogP contribution is -2.37. The van der Waals surface area contributed by atoms with Gasteiger partial charge in [0.2, 0.25) is 0 Å². The molecule has 2 amide bonds. The Kier molecular flexibility index (Phi) is 6.42. The Hall–Kier alpha value is -3.15. The predicted octanol–water partition coefficient (Wildman–Crippen LogP) is 3.58. The Morgan fingerprint density at radius 1 is 1.00 bits per heavy atom. The number of aromatic amines is 1. The van der Waals surface area contributed by atoms with Crippen LogP contribution in [0.25, 0.3) is 10.9 Å². The zero-order valence-corrected chi connectivity index (χ0v) is 16.6. The summed E-state index contributed by atoms with van der Waals surface area (Å²) >= 11 is 0. The molecule has 0 fully saturated rings. The van der Waals surface area contributed by atoms with Crippen LogP contribution in [0.3, 0.4) is 0 Å². The number of fused-ring (bicyclic) bond motifs is 1. The molecule has 0 bridgehead atoms. The lowest BCUT2D eigenvalue weighted by molar-refractivity contribution is 0.241. The highest BCUT2D eigenvalue weighted by molar-refractivity contribution is 5.84. The van der Waals surface area contributed by atoms with Crippen molar-refractivity contribution in [3.8, 4) is 11.5 Å². The molecule has 0 aliphatic heterocycles. The summed E-state index contributed by atoms with van der Waals surface area (Å²) < 4.78 is 10.6. The molecular formula is C22H27N3O3. The fraction of sp³-hybridized carbons (Fsp3) is 0.318. The first-order valence-corrected chi connectivity index (χ1v) is 9.41. The highest BCUT2D eigenvalue weighted by Crippen LogP contribution is 2.24. The van der Waals surface area contributed by atoms with Crippen molar-refractivity contribution in [3.05, 3.63) is 59.3 Å². The van der Waals surface area contributed by atoms with Gasteiger partial charge in [0.1, 0.15) is 11.5 Å². The van der Waals surface area contributed by atoms with Crippen molar-refractivity contribution in [2.75, 3.05) is 27.3 Å². The maximum absolute atomic E-state index is 12.1. The SMILES string of the molecule is COc1ccc(CCNC(=O)NCCc2c(C)[nH]c3ccccc23)c(OC)c1. The molecule has 2 aromatic carbocycles. The van der Waals surface area contributed by atoms with E-state index < -0.39 is 0 Å². The van der Waals surface area contributed by atoms with Gasteiger partial charge < -0.3 is 25.1 Å². The summed E-state index contributed by atoms with van der Waals surface area (Å²) in [5.41, 5.74) is 4.56. The third-order valence-electron chi connectivity index (χ3n) is 4.86. The van der Waals surface area contributed by atoms with Crippen LogP contribution in [0.5, 0.6) is 11.5 Å². The monoisotopic (exact) mass is 381 g/mol. The van der Waals surface area contributed by atoms with Crippen LogP contribution in [0.2, 0.25) is 0 Å². The Bertz CT molecular complexity index is 949. The number of ether oxygens (including phenoxy) is 2. The maximum Gasteiger partial charge on any atom is 0.314 e.